The molecule has 0 fully saturated rings. The van der Waals surface area contributed by atoms with Crippen LogP contribution in [0.4, 0.5) is 0 Å². The van der Waals surface area contributed by atoms with Crippen LogP contribution in [0.5, 0.6) is 0 Å². The van der Waals surface area contributed by atoms with E-state index in [1.54, 1.807) is 0 Å². The van der Waals surface area contributed by atoms with Crippen molar-refractivity contribution in [3.63, 3.8) is 0 Å². The van der Waals surface area contributed by atoms with Gasteiger partial charge in [0.15, 0.2) is 0 Å². The monoisotopic (exact) mass is 558 g/mol. The van der Waals surface area contributed by atoms with Crippen LogP contribution >= 0.6 is 0 Å². The molecule has 9 heteroatoms. The Hall–Kier alpha value is -0.860. The van der Waals surface area contributed by atoms with E-state index < -0.39 is 23.9 Å². The summed E-state index contributed by atoms with van der Waals surface area (Å²) in [6.45, 7) is 8.42. The van der Waals surface area contributed by atoms with Crippen LogP contribution in [0.3, 0.4) is 0 Å². The first-order chi connectivity index (χ1) is 17.1. The molecular weight excluding hydrogens is 504 g/mol. The van der Waals surface area contributed by atoms with Crippen LogP contribution in [0.15, 0.2) is 0 Å². The Bertz CT molecular complexity index is 411. The van der Waals surface area contributed by atoms with Gasteiger partial charge in [0.05, 0.1) is 0 Å². The number of carboxylic acid groups (broad SMARTS) is 4. The molecule has 2 N–H and O–H groups in total. The van der Waals surface area contributed by atoms with Crippen molar-refractivity contribution < 1.29 is 39.6 Å². The Balaban J connectivity index is -0.000000122. The summed E-state index contributed by atoms with van der Waals surface area (Å²) in [5.74, 6) is -3.20. The first-order valence-corrected chi connectivity index (χ1v) is 13.9. The largest absolute Gasteiger partial charge is 2.00 e. The average Bonchev–Trinajstić information content (AvgIpc) is 2.81. The second kappa shape index (κ2) is 42.2. The van der Waals surface area contributed by atoms with Crippen LogP contribution in [0.2, 0.25) is 0 Å². The molecule has 0 saturated carbocycles. The predicted molar refractivity (Wildman–Crippen MR) is 146 cm³/mol. The molecule has 0 aromatic rings. The van der Waals surface area contributed by atoms with Gasteiger partial charge in [-0.15, -0.1) is 0 Å². The van der Waals surface area contributed by atoms with Crippen LogP contribution in [-0.2, 0) is 19.2 Å². The van der Waals surface area contributed by atoms with Gasteiger partial charge in [0.1, 0.15) is 0 Å². The minimum Gasteiger partial charge on any atom is -0.550 e. The van der Waals surface area contributed by atoms with Crippen LogP contribution < -0.4 is 10.2 Å². The zero-order valence-electron chi connectivity index (χ0n) is 24.2. The first-order valence-electron chi connectivity index (χ1n) is 13.9. The fourth-order valence-corrected chi connectivity index (χ4v) is 2.80. The van der Waals surface area contributed by atoms with Crippen molar-refractivity contribution in [1.82, 2.24) is 0 Å². The summed E-state index contributed by atoms with van der Waals surface area (Å²) in [7, 11) is 0. The summed E-state index contributed by atoms with van der Waals surface area (Å²) in [4.78, 5) is 39.6. The zero-order valence-corrected chi connectivity index (χ0v) is 26.4. The topological polar surface area (TPSA) is 155 Å². The van der Waals surface area contributed by atoms with Crippen LogP contribution in [-0.4, -0.2) is 71.8 Å². The Labute approximate surface area is 256 Å². The molecule has 8 nitrogen and oxygen atoms in total. The molecule has 0 unspecified atom stereocenters. The van der Waals surface area contributed by atoms with Gasteiger partial charge in [-0.2, -0.15) is 0 Å². The van der Waals surface area contributed by atoms with Crippen molar-refractivity contribution in [2.75, 3.05) is 0 Å². The molecule has 0 aliphatic carbocycles. The molecule has 0 radical (unpaired) electrons. The minimum absolute atomic E-state index is 0. The van der Waals surface area contributed by atoms with Crippen molar-refractivity contribution in [2.24, 2.45) is 0 Å². The maximum Gasteiger partial charge on any atom is 2.00 e. The van der Waals surface area contributed by atoms with E-state index in [2.05, 4.69) is 27.7 Å². The molecule has 216 valence electrons. The number of rotatable bonds is 20. The van der Waals surface area contributed by atoms with Crippen molar-refractivity contribution in [3.8, 4) is 0 Å². The normalized spacial score (nSPS) is 9.19. The van der Waals surface area contributed by atoms with E-state index in [1.807, 2.05) is 0 Å². The van der Waals surface area contributed by atoms with Crippen LogP contribution in [0.1, 0.15) is 156 Å². The molecule has 0 aromatic carbocycles. The first kappa shape index (κ1) is 46.0. The Morgan fingerprint density at radius 1 is 0.432 bits per heavy atom. The number of hydrogen-bond donors (Lipinski definition) is 2. The molecule has 0 amide bonds. The molecule has 0 aromatic heterocycles. The number of carbonyl (C=O) groups excluding carboxylic acids is 2. The van der Waals surface area contributed by atoms with Gasteiger partial charge in [0.25, 0.3) is 0 Å². The van der Waals surface area contributed by atoms with Crippen LogP contribution in [0, 0.1) is 0 Å². The molecule has 0 spiro atoms. The Kier molecular flexibility index (Phi) is 52.5. The standard InChI is InChI=1S/4C7H14O2.Ca/c4*1-2-3-4-5-6-7(8)9;/h4*2-6H2,1H3,(H,8,9);/q;;;;+2/p-2. The number of hydrogen-bond acceptors (Lipinski definition) is 6. The third-order valence-electron chi connectivity index (χ3n) is 4.96. The van der Waals surface area contributed by atoms with E-state index in [-0.39, 0.29) is 50.6 Å². The number of aliphatic carboxylic acids is 4. The average molecular weight is 559 g/mol. The predicted octanol–water partition coefficient (Wildman–Crippen LogP) is 5.12. The second-order valence-corrected chi connectivity index (χ2v) is 8.77. The van der Waals surface area contributed by atoms with Gasteiger partial charge in [0, 0.05) is 24.8 Å². The molecule has 0 rings (SSSR count). The van der Waals surface area contributed by atoms with Gasteiger partial charge in [-0.25, -0.2) is 0 Å². The van der Waals surface area contributed by atoms with Crippen molar-refractivity contribution in [1.29, 1.82) is 0 Å². The SMILES string of the molecule is CCCCCCC(=O)O.CCCCCCC(=O)O.CCCCCCC(=O)[O-].CCCCCCC(=O)[O-].[Ca+2]. The maximum atomic E-state index is 9.96. The summed E-state index contributed by atoms with van der Waals surface area (Å²) in [5, 5.41) is 36.1. The summed E-state index contributed by atoms with van der Waals surface area (Å²) >= 11 is 0. The summed E-state index contributed by atoms with van der Waals surface area (Å²) in [6.07, 6.45) is 17.7. The van der Waals surface area contributed by atoms with Crippen molar-refractivity contribution >= 4 is 61.6 Å². The number of unbranched alkanes of at least 4 members (excludes halogenated alkanes) is 12. The minimum atomic E-state index is -0.925. The molecule has 0 heterocycles. The zero-order chi connectivity index (χ0) is 28.5. The molecular formula is C28H54CaO8. The smallest absolute Gasteiger partial charge is 0.550 e. The van der Waals surface area contributed by atoms with Gasteiger partial charge in [-0.3, -0.25) is 9.59 Å². The molecule has 37 heavy (non-hydrogen) atoms. The molecule has 0 saturated heterocycles. The third kappa shape index (κ3) is 72.1. The molecule has 0 atom stereocenters. The van der Waals surface area contributed by atoms with Gasteiger partial charge in [-0.1, -0.05) is 105 Å². The van der Waals surface area contributed by atoms with Gasteiger partial charge >= 0.3 is 49.7 Å². The van der Waals surface area contributed by atoms with E-state index in [0.717, 1.165) is 89.9 Å². The second-order valence-electron chi connectivity index (χ2n) is 8.77. The molecule has 0 aliphatic heterocycles. The number of carbonyl (C=O) groups is 4. The van der Waals surface area contributed by atoms with Gasteiger partial charge < -0.3 is 30.0 Å². The summed E-state index contributed by atoms with van der Waals surface area (Å²) in [5.41, 5.74) is 0. The van der Waals surface area contributed by atoms with Crippen LogP contribution in [0.25, 0.3) is 0 Å². The third-order valence-corrected chi connectivity index (χ3v) is 4.96. The van der Waals surface area contributed by atoms with E-state index in [1.165, 1.54) is 12.8 Å². The van der Waals surface area contributed by atoms with E-state index >= 15 is 0 Å². The van der Waals surface area contributed by atoms with E-state index in [4.69, 9.17) is 10.2 Å². The summed E-state index contributed by atoms with van der Waals surface area (Å²) in [6, 6.07) is 0. The molecule has 0 aliphatic rings. The summed E-state index contributed by atoms with van der Waals surface area (Å²) < 4.78 is 0. The number of carboxylic acids is 4. The molecule has 0 bridgehead atoms. The fraction of sp³-hybridized carbons (Fsp3) is 0.857. The fourth-order valence-electron chi connectivity index (χ4n) is 2.80. The maximum absolute atomic E-state index is 9.96. The van der Waals surface area contributed by atoms with Gasteiger partial charge in [-0.05, 0) is 38.5 Å². The van der Waals surface area contributed by atoms with E-state index in [0.29, 0.717) is 12.8 Å². The quantitative estimate of drug-likeness (QED) is 0.154. The van der Waals surface area contributed by atoms with Crippen molar-refractivity contribution in [2.45, 2.75) is 156 Å². The Morgan fingerprint density at radius 2 is 0.649 bits per heavy atom. The van der Waals surface area contributed by atoms with E-state index in [9.17, 15) is 29.4 Å². The van der Waals surface area contributed by atoms with Crippen molar-refractivity contribution in [3.05, 3.63) is 0 Å². The Morgan fingerprint density at radius 3 is 0.811 bits per heavy atom. The van der Waals surface area contributed by atoms with Gasteiger partial charge in [0.2, 0.25) is 0 Å².